The molecule has 2 amide bonds. The molecule has 0 aliphatic carbocycles. The lowest BCUT2D eigenvalue weighted by Crippen LogP contribution is -2.45. The fourth-order valence-corrected chi connectivity index (χ4v) is 3.95. The number of carbonyl (C=O) groups excluding carboxylic acids is 3. The third kappa shape index (κ3) is 5.78. The zero-order valence-electron chi connectivity index (χ0n) is 18.4. The van der Waals surface area contributed by atoms with E-state index >= 15 is 0 Å². The number of hydrogen-bond acceptors (Lipinski definition) is 4. The molecule has 0 aliphatic rings. The van der Waals surface area contributed by atoms with E-state index in [0.717, 1.165) is 4.47 Å². The quantitative estimate of drug-likeness (QED) is 0.433. The number of Topliss-reactive ketones (excluding diaryl/α,β-unsaturated/α-hetero) is 1. The minimum absolute atomic E-state index is 0.0239. The summed E-state index contributed by atoms with van der Waals surface area (Å²) < 4.78 is 16.3. The second-order valence-corrected chi connectivity index (χ2v) is 9.15. The van der Waals surface area contributed by atoms with Gasteiger partial charge in [-0.3, -0.25) is 19.1 Å². The van der Waals surface area contributed by atoms with Gasteiger partial charge in [-0.05, 0) is 38.1 Å². The Kier molecular flexibility index (Phi) is 7.86. The molecule has 1 heterocycles. The van der Waals surface area contributed by atoms with Gasteiger partial charge in [-0.25, -0.2) is 4.39 Å². The van der Waals surface area contributed by atoms with E-state index in [2.05, 4.69) is 26.3 Å². The summed E-state index contributed by atoms with van der Waals surface area (Å²) in [4.78, 5) is 39.0. The van der Waals surface area contributed by atoms with E-state index in [9.17, 15) is 18.8 Å². The largest absolute Gasteiger partial charge is 0.350 e. The van der Waals surface area contributed by atoms with E-state index in [1.54, 1.807) is 38.1 Å². The number of benzene rings is 2. The molecule has 7 nitrogen and oxygen atoms in total. The van der Waals surface area contributed by atoms with Gasteiger partial charge >= 0.3 is 0 Å². The first-order chi connectivity index (χ1) is 15.6. The molecule has 33 heavy (non-hydrogen) atoms. The molecule has 3 rings (SSSR count). The average Bonchev–Trinajstić information content (AvgIpc) is 3.10. The summed E-state index contributed by atoms with van der Waals surface area (Å²) in [5.74, 6) is -1.57. The molecule has 0 radical (unpaired) electrons. The van der Waals surface area contributed by atoms with Gasteiger partial charge in [0.15, 0.2) is 5.78 Å². The molecular formula is C23H23BrClFN4O3. The van der Waals surface area contributed by atoms with Crippen LogP contribution in [0.3, 0.4) is 0 Å². The maximum absolute atomic E-state index is 14.0. The van der Waals surface area contributed by atoms with Crippen LogP contribution in [0, 0.1) is 5.82 Å². The SMILES string of the molecule is CC(=O)c1nn(CC(=O)N(CC(=O)NCc2cccc(Cl)c2F)C(C)C)c2ccc(Br)cc12. The van der Waals surface area contributed by atoms with Gasteiger partial charge in [0.25, 0.3) is 0 Å². The number of amides is 2. The van der Waals surface area contributed by atoms with Crippen molar-refractivity contribution < 1.29 is 18.8 Å². The number of rotatable bonds is 8. The van der Waals surface area contributed by atoms with Crippen LogP contribution in [0.25, 0.3) is 10.9 Å². The molecule has 0 atom stereocenters. The van der Waals surface area contributed by atoms with Crippen molar-refractivity contribution in [3.05, 3.63) is 63.0 Å². The first kappa shape index (κ1) is 24.9. The van der Waals surface area contributed by atoms with Gasteiger partial charge in [0.2, 0.25) is 11.8 Å². The fraction of sp³-hybridized carbons (Fsp3) is 0.304. The van der Waals surface area contributed by atoms with Gasteiger partial charge in [0, 0.05) is 34.9 Å². The lowest BCUT2D eigenvalue weighted by molar-refractivity contribution is -0.138. The monoisotopic (exact) mass is 536 g/mol. The summed E-state index contributed by atoms with van der Waals surface area (Å²) in [6.07, 6.45) is 0. The van der Waals surface area contributed by atoms with Crippen molar-refractivity contribution in [2.75, 3.05) is 6.54 Å². The minimum Gasteiger partial charge on any atom is -0.350 e. The van der Waals surface area contributed by atoms with Crippen LogP contribution in [0.2, 0.25) is 5.02 Å². The lowest BCUT2D eigenvalue weighted by Gasteiger charge is -2.26. The van der Waals surface area contributed by atoms with Gasteiger partial charge in [-0.1, -0.05) is 39.7 Å². The summed E-state index contributed by atoms with van der Waals surface area (Å²) in [7, 11) is 0. The Labute approximate surface area is 204 Å². The number of nitrogens with zero attached hydrogens (tertiary/aromatic N) is 3. The van der Waals surface area contributed by atoms with Crippen LogP contribution in [-0.2, 0) is 22.7 Å². The van der Waals surface area contributed by atoms with E-state index < -0.39 is 11.7 Å². The summed E-state index contributed by atoms with van der Waals surface area (Å²) in [5.41, 5.74) is 1.17. The highest BCUT2D eigenvalue weighted by Gasteiger charge is 2.23. The van der Waals surface area contributed by atoms with E-state index in [0.29, 0.717) is 10.9 Å². The summed E-state index contributed by atoms with van der Waals surface area (Å²) >= 11 is 9.16. The molecule has 10 heteroatoms. The predicted octanol–water partition coefficient (Wildman–Crippen LogP) is 4.35. The highest BCUT2D eigenvalue weighted by Crippen LogP contribution is 2.24. The van der Waals surface area contributed by atoms with Crippen molar-refractivity contribution in [2.24, 2.45) is 0 Å². The first-order valence-electron chi connectivity index (χ1n) is 10.2. The maximum Gasteiger partial charge on any atom is 0.245 e. The molecule has 3 aromatic rings. The zero-order valence-corrected chi connectivity index (χ0v) is 20.7. The minimum atomic E-state index is -0.588. The molecule has 0 aliphatic heterocycles. The van der Waals surface area contributed by atoms with E-state index in [1.165, 1.54) is 28.6 Å². The Balaban J connectivity index is 1.73. The third-order valence-electron chi connectivity index (χ3n) is 5.10. The normalized spacial score (nSPS) is 11.1. The van der Waals surface area contributed by atoms with Crippen LogP contribution in [0.15, 0.2) is 40.9 Å². The highest BCUT2D eigenvalue weighted by molar-refractivity contribution is 9.10. The van der Waals surface area contributed by atoms with Crippen LogP contribution in [-0.4, -0.2) is 44.9 Å². The molecule has 0 bridgehead atoms. The number of hydrogen-bond donors (Lipinski definition) is 1. The molecule has 2 aromatic carbocycles. The number of aromatic nitrogens is 2. The molecule has 0 spiro atoms. The standard InChI is InChI=1S/C23H23BrClFN4O3/c1-13(2)29(11-20(32)27-10-15-5-4-6-18(25)22(15)26)21(33)12-30-19-8-7-16(24)9-17(19)23(28-30)14(3)31/h4-9,13H,10-12H2,1-3H3,(H,27,32). The second kappa shape index (κ2) is 10.4. The van der Waals surface area contributed by atoms with Crippen LogP contribution in [0.5, 0.6) is 0 Å². The highest BCUT2D eigenvalue weighted by atomic mass is 79.9. The van der Waals surface area contributed by atoms with Crippen LogP contribution >= 0.6 is 27.5 Å². The van der Waals surface area contributed by atoms with Crippen LogP contribution < -0.4 is 5.32 Å². The van der Waals surface area contributed by atoms with Crippen molar-refractivity contribution >= 4 is 56.0 Å². The Morgan fingerprint density at radius 3 is 2.64 bits per heavy atom. The average molecular weight is 538 g/mol. The molecule has 1 N–H and O–H groups in total. The Morgan fingerprint density at radius 2 is 1.97 bits per heavy atom. The number of ketones is 1. The molecule has 0 unspecified atom stereocenters. The van der Waals surface area contributed by atoms with E-state index in [4.69, 9.17) is 11.6 Å². The fourth-order valence-electron chi connectivity index (χ4n) is 3.40. The van der Waals surface area contributed by atoms with Crippen molar-refractivity contribution in [1.82, 2.24) is 20.0 Å². The summed E-state index contributed by atoms with van der Waals surface area (Å²) in [5, 5.41) is 7.57. The van der Waals surface area contributed by atoms with Gasteiger partial charge < -0.3 is 10.2 Å². The lowest BCUT2D eigenvalue weighted by atomic mass is 10.2. The summed E-state index contributed by atoms with van der Waals surface area (Å²) in [6, 6.07) is 9.64. The van der Waals surface area contributed by atoms with Crippen molar-refractivity contribution in [3.63, 3.8) is 0 Å². The van der Waals surface area contributed by atoms with E-state index in [-0.39, 0.29) is 53.6 Å². The van der Waals surface area contributed by atoms with Gasteiger partial charge in [0.05, 0.1) is 17.1 Å². The summed E-state index contributed by atoms with van der Waals surface area (Å²) in [6.45, 7) is 4.61. The van der Waals surface area contributed by atoms with Crippen molar-refractivity contribution in [1.29, 1.82) is 0 Å². The van der Waals surface area contributed by atoms with Crippen molar-refractivity contribution in [2.45, 2.75) is 39.9 Å². The smallest absolute Gasteiger partial charge is 0.245 e. The topological polar surface area (TPSA) is 84.3 Å². The number of nitrogens with one attached hydrogen (secondary N) is 1. The molecular weight excluding hydrogens is 515 g/mol. The Morgan fingerprint density at radius 1 is 1.24 bits per heavy atom. The molecule has 0 saturated heterocycles. The van der Waals surface area contributed by atoms with Crippen LogP contribution in [0.1, 0.15) is 36.8 Å². The van der Waals surface area contributed by atoms with Gasteiger partial charge in [-0.2, -0.15) is 5.10 Å². The van der Waals surface area contributed by atoms with Crippen LogP contribution in [0.4, 0.5) is 4.39 Å². The molecule has 174 valence electrons. The molecule has 0 fully saturated rings. The maximum atomic E-state index is 14.0. The zero-order chi connectivity index (χ0) is 24.3. The predicted molar refractivity (Wildman–Crippen MR) is 128 cm³/mol. The van der Waals surface area contributed by atoms with Gasteiger partial charge in [-0.15, -0.1) is 0 Å². The Hall–Kier alpha value is -2.78. The first-order valence-corrected chi connectivity index (χ1v) is 11.4. The van der Waals surface area contributed by atoms with Crippen molar-refractivity contribution in [3.8, 4) is 0 Å². The number of fused-ring (bicyclic) bond motifs is 1. The third-order valence-corrected chi connectivity index (χ3v) is 5.88. The second-order valence-electron chi connectivity index (χ2n) is 7.83. The number of carbonyl (C=O) groups is 3. The van der Waals surface area contributed by atoms with E-state index in [1.807, 2.05) is 0 Å². The Bertz CT molecular complexity index is 1230. The van der Waals surface area contributed by atoms with Gasteiger partial charge in [0.1, 0.15) is 18.1 Å². The number of halogens is 3. The molecule has 0 saturated carbocycles. The molecule has 1 aromatic heterocycles.